The second kappa shape index (κ2) is 12.2. The van der Waals surface area contributed by atoms with E-state index in [4.69, 9.17) is 0 Å². The van der Waals surface area contributed by atoms with E-state index in [0.29, 0.717) is 6.41 Å². The van der Waals surface area contributed by atoms with Crippen molar-refractivity contribution in [2.75, 3.05) is 0 Å². The van der Waals surface area contributed by atoms with Crippen LogP contribution < -0.4 is 5.32 Å². The SMILES string of the molecule is CCCCCCCCC/C=C/NC=O. The van der Waals surface area contributed by atoms with Crippen molar-refractivity contribution in [1.82, 2.24) is 5.32 Å². The Morgan fingerprint density at radius 3 is 2.29 bits per heavy atom. The monoisotopic (exact) mass is 197 g/mol. The van der Waals surface area contributed by atoms with Crippen LogP contribution in [0, 0.1) is 0 Å². The summed E-state index contributed by atoms with van der Waals surface area (Å²) in [5.74, 6) is 0. The molecule has 0 saturated carbocycles. The molecule has 14 heavy (non-hydrogen) atoms. The van der Waals surface area contributed by atoms with E-state index in [1.54, 1.807) is 6.20 Å². The molecule has 0 unspecified atom stereocenters. The minimum Gasteiger partial charge on any atom is -0.336 e. The number of nitrogens with one attached hydrogen (secondary N) is 1. The Morgan fingerprint density at radius 2 is 1.64 bits per heavy atom. The van der Waals surface area contributed by atoms with Crippen LogP contribution in [0.4, 0.5) is 0 Å². The maximum absolute atomic E-state index is 9.88. The summed E-state index contributed by atoms with van der Waals surface area (Å²) < 4.78 is 0. The molecule has 0 aliphatic heterocycles. The fourth-order valence-corrected chi connectivity index (χ4v) is 1.41. The van der Waals surface area contributed by atoms with E-state index in [1.807, 2.05) is 6.08 Å². The second-order valence-corrected chi connectivity index (χ2v) is 3.60. The minimum atomic E-state index is 0.696. The standard InChI is InChI=1S/C12H23NO/c1-2-3-4-5-6-7-8-9-10-11-13-12-14/h10-12H,2-9H2,1H3,(H,13,14)/b11-10+. The Hall–Kier alpha value is -0.790. The van der Waals surface area contributed by atoms with Crippen molar-refractivity contribution in [1.29, 1.82) is 0 Å². The van der Waals surface area contributed by atoms with Crippen LogP contribution in [0.3, 0.4) is 0 Å². The highest BCUT2D eigenvalue weighted by atomic mass is 16.1. The summed E-state index contributed by atoms with van der Waals surface area (Å²) in [6.45, 7) is 2.24. The number of amides is 1. The van der Waals surface area contributed by atoms with Crippen LogP contribution >= 0.6 is 0 Å². The van der Waals surface area contributed by atoms with Gasteiger partial charge in [-0.2, -0.15) is 0 Å². The van der Waals surface area contributed by atoms with Gasteiger partial charge in [-0.3, -0.25) is 4.79 Å². The van der Waals surface area contributed by atoms with Gasteiger partial charge >= 0.3 is 0 Å². The lowest BCUT2D eigenvalue weighted by molar-refractivity contribution is -0.108. The molecule has 0 aromatic carbocycles. The Bertz CT molecular complexity index is 143. The Kier molecular flexibility index (Phi) is 11.5. The highest BCUT2D eigenvalue weighted by Crippen LogP contribution is 2.08. The average Bonchev–Trinajstić information content (AvgIpc) is 2.21. The lowest BCUT2D eigenvalue weighted by Gasteiger charge is -1.98. The third-order valence-electron chi connectivity index (χ3n) is 2.26. The molecule has 0 radical (unpaired) electrons. The molecule has 82 valence electrons. The van der Waals surface area contributed by atoms with Crippen LogP contribution in [-0.2, 0) is 4.79 Å². The van der Waals surface area contributed by atoms with E-state index < -0.39 is 0 Å². The summed E-state index contributed by atoms with van der Waals surface area (Å²) >= 11 is 0. The summed E-state index contributed by atoms with van der Waals surface area (Å²) in [7, 11) is 0. The lowest BCUT2D eigenvalue weighted by atomic mass is 10.1. The van der Waals surface area contributed by atoms with Crippen LogP contribution in [0.1, 0.15) is 58.3 Å². The highest BCUT2D eigenvalue weighted by molar-refractivity contribution is 5.47. The van der Waals surface area contributed by atoms with E-state index in [-0.39, 0.29) is 0 Å². The maximum Gasteiger partial charge on any atom is 0.211 e. The summed E-state index contributed by atoms with van der Waals surface area (Å²) in [5, 5.41) is 2.51. The van der Waals surface area contributed by atoms with Crippen molar-refractivity contribution < 1.29 is 4.79 Å². The molecule has 0 heterocycles. The quantitative estimate of drug-likeness (QED) is 0.422. The van der Waals surface area contributed by atoms with Gasteiger partial charge in [0.05, 0.1) is 0 Å². The van der Waals surface area contributed by atoms with Crippen LogP contribution in [0.25, 0.3) is 0 Å². The van der Waals surface area contributed by atoms with E-state index in [9.17, 15) is 4.79 Å². The molecule has 0 aromatic rings. The largest absolute Gasteiger partial charge is 0.336 e. The number of rotatable bonds is 10. The number of hydrogen-bond donors (Lipinski definition) is 1. The van der Waals surface area contributed by atoms with Crippen molar-refractivity contribution in [3.05, 3.63) is 12.3 Å². The first-order valence-corrected chi connectivity index (χ1v) is 5.76. The van der Waals surface area contributed by atoms with Gasteiger partial charge in [-0.1, -0.05) is 51.5 Å². The first-order valence-electron chi connectivity index (χ1n) is 5.76. The predicted molar refractivity (Wildman–Crippen MR) is 60.9 cm³/mol. The zero-order valence-corrected chi connectivity index (χ0v) is 9.30. The molecule has 0 spiro atoms. The first-order chi connectivity index (χ1) is 6.91. The molecule has 0 saturated heterocycles. The molecular formula is C12H23NO. The molecular weight excluding hydrogens is 174 g/mol. The van der Waals surface area contributed by atoms with Gasteiger partial charge in [0.15, 0.2) is 0 Å². The number of allylic oxidation sites excluding steroid dienone is 1. The van der Waals surface area contributed by atoms with Gasteiger partial charge in [0, 0.05) is 0 Å². The van der Waals surface area contributed by atoms with E-state index in [0.717, 1.165) is 6.42 Å². The topological polar surface area (TPSA) is 29.1 Å². The fraction of sp³-hybridized carbons (Fsp3) is 0.750. The molecule has 0 bridgehead atoms. The molecule has 2 nitrogen and oxygen atoms in total. The van der Waals surface area contributed by atoms with Gasteiger partial charge in [-0.05, 0) is 19.0 Å². The van der Waals surface area contributed by atoms with E-state index >= 15 is 0 Å². The zero-order chi connectivity index (χ0) is 10.5. The minimum absolute atomic E-state index is 0.696. The van der Waals surface area contributed by atoms with Gasteiger partial charge in [-0.25, -0.2) is 0 Å². The molecule has 1 N–H and O–H groups in total. The molecule has 1 amide bonds. The predicted octanol–water partition coefficient (Wildman–Crippen LogP) is 3.39. The van der Waals surface area contributed by atoms with Crippen molar-refractivity contribution in [2.24, 2.45) is 0 Å². The number of carbonyl (C=O) groups is 1. The average molecular weight is 197 g/mol. The van der Waals surface area contributed by atoms with Crippen LogP contribution in [0.2, 0.25) is 0 Å². The van der Waals surface area contributed by atoms with Gasteiger partial charge in [-0.15, -0.1) is 0 Å². The smallest absolute Gasteiger partial charge is 0.211 e. The number of carbonyl (C=O) groups excluding carboxylic acids is 1. The molecule has 2 heteroatoms. The first kappa shape index (κ1) is 13.2. The van der Waals surface area contributed by atoms with Gasteiger partial charge in [0.2, 0.25) is 6.41 Å². The summed E-state index contributed by atoms with van der Waals surface area (Å²) in [6, 6.07) is 0. The maximum atomic E-state index is 9.88. The molecule has 0 aliphatic rings. The summed E-state index contributed by atoms with van der Waals surface area (Å²) in [6.07, 6.45) is 14.9. The highest BCUT2D eigenvalue weighted by Gasteiger charge is 1.88. The number of hydrogen-bond acceptors (Lipinski definition) is 1. The fourth-order valence-electron chi connectivity index (χ4n) is 1.41. The molecule has 0 atom stereocenters. The Labute approximate surface area is 87.8 Å². The van der Waals surface area contributed by atoms with E-state index in [1.165, 1.54) is 44.9 Å². The van der Waals surface area contributed by atoms with Crippen LogP contribution in [0.15, 0.2) is 12.3 Å². The van der Waals surface area contributed by atoms with Gasteiger partial charge in [0.25, 0.3) is 0 Å². The molecule has 0 aromatic heterocycles. The normalized spacial score (nSPS) is 10.6. The van der Waals surface area contributed by atoms with Crippen molar-refractivity contribution in [3.63, 3.8) is 0 Å². The third kappa shape index (κ3) is 11.2. The Balaban J connectivity index is 2.95. The molecule has 0 aliphatic carbocycles. The van der Waals surface area contributed by atoms with Crippen LogP contribution in [0.5, 0.6) is 0 Å². The Morgan fingerprint density at radius 1 is 1.00 bits per heavy atom. The van der Waals surface area contributed by atoms with Crippen molar-refractivity contribution in [2.45, 2.75) is 58.3 Å². The third-order valence-corrected chi connectivity index (χ3v) is 2.26. The molecule has 0 rings (SSSR count). The van der Waals surface area contributed by atoms with Crippen molar-refractivity contribution >= 4 is 6.41 Å². The van der Waals surface area contributed by atoms with Gasteiger partial charge < -0.3 is 5.32 Å². The molecule has 0 fully saturated rings. The van der Waals surface area contributed by atoms with Crippen LogP contribution in [-0.4, -0.2) is 6.41 Å². The van der Waals surface area contributed by atoms with E-state index in [2.05, 4.69) is 12.2 Å². The van der Waals surface area contributed by atoms with Gasteiger partial charge in [0.1, 0.15) is 0 Å². The summed E-state index contributed by atoms with van der Waals surface area (Å²) in [4.78, 5) is 9.88. The lowest BCUT2D eigenvalue weighted by Crippen LogP contribution is -1.97. The van der Waals surface area contributed by atoms with Crippen molar-refractivity contribution in [3.8, 4) is 0 Å². The number of unbranched alkanes of at least 4 members (excludes halogenated alkanes) is 7. The summed E-state index contributed by atoms with van der Waals surface area (Å²) in [5.41, 5.74) is 0. The zero-order valence-electron chi connectivity index (χ0n) is 9.30. The second-order valence-electron chi connectivity index (χ2n) is 3.60.